The van der Waals surface area contributed by atoms with Gasteiger partial charge in [-0.1, -0.05) is 0 Å². The maximum Gasteiger partial charge on any atom is 0.347 e. The Morgan fingerprint density at radius 1 is 1.48 bits per heavy atom. The van der Waals surface area contributed by atoms with Gasteiger partial charge in [0.25, 0.3) is 0 Å². The summed E-state index contributed by atoms with van der Waals surface area (Å²) in [7, 11) is 3.08. The molecule has 1 aliphatic rings. The van der Waals surface area contributed by atoms with Gasteiger partial charge in [-0.3, -0.25) is 9.25 Å². The Morgan fingerprint density at radius 2 is 2.29 bits per heavy atom. The predicted octanol–water partition coefficient (Wildman–Crippen LogP) is -0.728. The molecule has 112 valence electrons. The second kappa shape index (κ2) is 5.15. The van der Waals surface area contributed by atoms with Crippen LogP contribution in [0.3, 0.4) is 0 Å². The number of aryl methyl sites for hydroxylation is 2. The Kier molecular flexibility index (Phi) is 3.32. The van der Waals surface area contributed by atoms with Crippen molar-refractivity contribution in [3.63, 3.8) is 0 Å². The van der Waals surface area contributed by atoms with Gasteiger partial charge in [0.15, 0.2) is 5.82 Å². The maximum absolute atomic E-state index is 12.4. The van der Waals surface area contributed by atoms with E-state index in [2.05, 4.69) is 15.2 Å². The van der Waals surface area contributed by atoms with Gasteiger partial charge in [0.2, 0.25) is 0 Å². The van der Waals surface area contributed by atoms with E-state index in [4.69, 9.17) is 4.74 Å². The van der Waals surface area contributed by atoms with E-state index in [1.54, 1.807) is 18.1 Å². The molecule has 0 radical (unpaired) electrons. The molecule has 21 heavy (non-hydrogen) atoms. The number of rotatable bonds is 3. The Labute approximate surface area is 120 Å². The number of carbonyl (C=O) groups excluding carboxylic acids is 1. The minimum Gasteiger partial charge on any atom is -0.467 e. The fourth-order valence-corrected chi connectivity index (χ4v) is 2.58. The fraction of sp³-hybridized carbons (Fsp3) is 0.583. The van der Waals surface area contributed by atoms with E-state index in [9.17, 15) is 9.59 Å². The summed E-state index contributed by atoms with van der Waals surface area (Å²) in [5.41, 5.74) is -0.326. The molecule has 9 nitrogen and oxygen atoms in total. The van der Waals surface area contributed by atoms with Crippen molar-refractivity contribution in [2.75, 3.05) is 7.11 Å². The molecule has 9 heteroatoms. The van der Waals surface area contributed by atoms with Gasteiger partial charge in [-0.05, 0) is 12.8 Å². The molecule has 3 rings (SSSR count). The highest BCUT2D eigenvalue weighted by molar-refractivity contribution is 5.74. The van der Waals surface area contributed by atoms with Gasteiger partial charge in [0, 0.05) is 13.5 Å². The summed E-state index contributed by atoms with van der Waals surface area (Å²) in [6.45, 7) is 0.188. The normalized spacial score (nSPS) is 17.5. The van der Waals surface area contributed by atoms with Crippen molar-refractivity contribution >= 4 is 5.97 Å². The molecule has 2 aromatic rings. The zero-order valence-corrected chi connectivity index (χ0v) is 11.9. The number of hydrogen-bond donors (Lipinski definition) is 0. The van der Waals surface area contributed by atoms with Crippen LogP contribution >= 0.6 is 0 Å². The van der Waals surface area contributed by atoms with E-state index in [1.165, 1.54) is 16.4 Å². The first-order valence-corrected chi connectivity index (χ1v) is 6.70. The molecule has 0 fully saturated rings. The van der Waals surface area contributed by atoms with Crippen molar-refractivity contribution < 1.29 is 9.53 Å². The maximum atomic E-state index is 12.4. The molecule has 0 N–H and O–H groups in total. The van der Waals surface area contributed by atoms with Crippen LogP contribution in [0.15, 0.2) is 11.1 Å². The molecular weight excluding hydrogens is 276 g/mol. The van der Waals surface area contributed by atoms with Gasteiger partial charge in [0.1, 0.15) is 24.7 Å². The van der Waals surface area contributed by atoms with Crippen molar-refractivity contribution in [3.8, 4) is 0 Å². The number of methoxy groups -OCH3 is 1. The van der Waals surface area contributed by atoms with E-state index in [1.807, 2.05) is 0 Å². The lowest BCUT2D eigenvalue weighted by Gasteiger charge is -2.20. The molecule has 2 aromatic heterocycles. The highest BCUT2D eigenvalue weighted by Crippen LogP contribution is 2.22. The minimum absolute atomic E-state index is 0.188. The molecule has 0 spiro atoms. The third-order valence-corrected chi connectivity index (χ3v) is 3.54. The Hall–Kier alpha value is -2.45. The molecule has 0 bridgehead atoms. The lowest BCUT2D eigenvalue weighted by molar-refractivity contribution is -0.145. The molecule has 0 saturated carbocycles. The largest absolute Gasteiger partial charge is 0.467 e. The number of aromatic nitrogens is 6. The fourth-order valence-electron chi connectivity index (χ4n) is 2.58. The van der Waals surface area contributed by atoms with Crippen molar-refractivity contribution in [1.82, 2.24) is 29.1 Å². The highest BCUT2D eigenvalue weighted by Gasteiger charge is 2.31. The van der Waals surface area contributed by atoms with Crippen molar-refractivity contribution in [2.45, 2.75) is 31.8 Å². The van der Waals surface area contributed by atoms with Gasteiger partial charge in [-0.25, -0.2) is 19.3 Å². The number of esters is 1. The van der Waals surface area contributed by atoms with Gasteiger partial charge in [-0.15, -0.1) is 0 Å². The van der Waals surface area contributed by atoms with Gasteiger partial charge in [0.05, 0.1) is 7.11 Å². The van der Waals surface area contributed by atoms with Gasteiger partial charge >= 0.3 is 11.7 Å². The Morgan fingerprint density at radius 3 is 2.95 bits per heavy atom. The molecule has 0 saturated heterocycles. The van der Waals surface area contributed by atoms with E-state index in [0.717, 1.165) is 6.42 Å². The highest BCUT2D eigenvalue weighted by atomic mass is 16.5. The van der Waals surface area contributed by atoms with Crippen LogP contribution in [0.4, 0.5) is 0 Å². The number of nitrogens with zero attached hydrogens (tertiary/aromatic N) is 6. The standard InChI is InChI=1S/C12H16N6O3/c1-16-7-13-9(14-16)6-17-12(20)18-8(11(19)21-2)4-3-5-10(18)15-17/h7-8H,3-6H2,1-2H3. The van der Waals surface area contributed by atoms with E-state index in [0.29, 0.717) is 24.5 Å². The monoisotopic (exact) mass is 292 g/mol. The van der Waals surface area contributed by atoms with Crippen LogP contribution in [0, 0.1) is 0 Å². The van der Waals surface area contributed by atoms with Crippen LogP contribution in [-0.2, 0) is 29.5 Å². The predicted molar refractivity (Wildman–Crippen MR) is 70.6 cm³/mol. The topological polar surface area (TPSA) is 96.8 Å². The minimum atomic E-state index is -0.586. The first-order chi connectivity index (χ1) is 10.1. The van der Waals surface area contributed by atoms with Crippen molar-refractivity contribution in [2.24, 2.45) is 7.05 Å². The lowest BCUT2D eigenvalue weighted by atomic mass is 10.1. The van der Waals surface area contributed by atoms with Crippen molar-refractivity contribution in [3.05, 3.63) is 28.5 Å². The second-order valence-electron chi connectivity index (χ2n) is 4.99. The average Bonchev–Trinajstić information content (AvgIpc) is 3.03. The van der Waals surface area contributed by atoms with E-state index in [-0.39, 0.29) is 12.2 Å². The zero-order chi connectivity index (χ0) is 15.0. The number of hydrogen-bond acceptors (Lipinski definition) is 6. The summed E-state index contributed by atoms with van der Waals surface area (Å²) in [6.07, 6.45) is 3.63. The third kappa shape index (κ3) is 2.34. The number of fused-ring (bicyclic) bond motifs is 1. The van der Waals surface area contributed by atoms with Gasteiger partial charge < -0.3 is 4.74 Å². The van der Waals surface area contributed by atoms with Crippen LogP contribution in [0.2, 0.25) is 0 Å². The molecular formula is C12H16N6O3. The van der Waals surface area contributed by atoms with Crippen LogP contribution in [0.5, 0.6) is 0 Å². The molecule has 3 heterocycles. The first kappa shape index (κ1) is 13.5. The van der Waals surface area contributed by atoms with Crippen LogP contribution in [0.25, 0.3) is 0 Å². The molecule has 0 aromatic carbocycles. The summed E-state index contributed by atoms with van der Waals surface area (Å²) < 4.78 is 9.06. The lowest BCUT2D eigenvalue weighted by Crippen LogP contribution is -2.35. The summed E-state index contributed by atoms with van der Waals surface area (Å²) in [5.74, 6) is 0.704. The van der Waals surface area contributed by atoms with Gasteiger partial charge in [-0.2, -0.15) is 10.2 Å². The quantitative estimate of drug-likeness (QED) is 0.692. The third-order valence-electron chi connectivity index (χ3n) is 3.54. The summed E-state index contributed by atoms with van der Waals surface area (Å²) in [5, 5.41) is 8.42. The second-order valence-corrected chi connectivity index (χ2v) is 4.99. The molecule has 1 aliphatic heterocycles. The molecule has 0 amide bonds. The average molecular weight is 292 g/mol. The smallest absolute Gasteiger partial charge is 0.347 e. The Bertz CT molecular complexity index is 728. The summed E-state index contributed by atoms with van der Waals surface area (Å²) >= 11 is 0. The molecule has 0 aliphatic carbocycles. The van der Waals surface area contributed by atoms with E-state index >= 15 is 0 Å². The number of carbonyl (C=O) groups is 1. The first-order valence-electron chi connectivity index (χ1n) is 6.70. The summed E-state index contributed by atoms with van der Waals surface area (Å²) in [4.78, 5) is 28.3. The molecule has 1 atom stereocenters. The zero-order valence-electron chi connectivity index (χ0n) is 11.9. The van der Waals surface area contributed by atoms with Crippen molar-refractivity contribution in [1.29, 1.82) is 0 Å². The Balaban J connectivity index is 1.96. The number of ether oxygens (including phenoxy) is 1. The van der Waals surface area contributed by atoms with E-state index < -0.39 is 12.0 Å². The van der Waals surface area contributed by atoms with Crippen LogP contribution < -0.4 is 5.69 Å². The van der Waals surface area contributed by atoms with Crippen LogP contribution in [-0.4, -0.2) is 42.2 Å². The van der Waals surface area contributed by atoms with Crippen LogP contribution in [0.1, 0.15) is 30.5 Å². The molecule has 1 unspecified atom stereocenters. The SMILES string of the molecule is COC(=O)C1CCCc2nn(Cc3ncn(C)n3)c(=O)n21. The summed E-state index contributed by atoms with van der Waals surface area (Å²) in [6, 6.07) is -0.586.